The molecule has 0 bridgehead atoms. The molecule has 1 aliphatic carbocycles. The molecule has 1 aliphatic rings. The first kappa shape index (κ1) is 14.6. The molecule has 3 heteroatoms. The van der Waals surface area contributed by atoms with Crippen LogP contribution in [-0.2, 0) is 0 Å². The average Bonchev–Trinajstić information content (AvgIpc) is 2.45. The number of carbonyl (C=O) groups is 1. The Labute approximate surface area is 120 Å². The fourth-order valence-corrected chi connectivity index (χ4v) is 2.56. The number of ether oxygens (including phenoxy) is 2. The SMILES string of the molecule is COc1ccc(C(=O)/C2=C/CCCCCC2)c(OC)c1. The van der Waals surface area contributed by atoms with Gasteiger partial charge in [-0.05, 0) is 43.4 Å². The van der Waals surface area contributed by atoms with Crippen LogP contribution >= 0.6 is 0 Å². The van der Waals surface area contributed by atoms with Crippen LogP contribution in [0.1, 0.15) is 48.9 Å². The maximum Gasteiger partial charge on any atom is 0.192 e. The lowest BCUT2D eigenvalue weighted by atomic mass is 9.93. The summed E-state index contributed by atoms with van der Waals surface area (Å²) in [5.41, 5.74) is 1.55. The summed E-state index contributed by atoms with van der Waals surface area (Å²) < 4.78 is 10.5. The lowest BCUT2D eigenvalue weighted by molar-refractivity contribution is 0.102. The van der Waals surface area contributed by atoms with E-state index in [0.29, 0.717) is 17.1 Å². The van der Waals surface area contributed by atoms with Crippen molar-refractivity contribution in [3.05, 3.63) is 35.4 Å². The summed E-state index contributed by atoms with van der Waals surface area (Å²) in [7, 11) is 3.19. The van der Waals surface area contributed by atoms with Crippen LogP contribution in [0.25, 0.3) is 0 Å². The van der Waals surface area contributed by atoms with E-state index in [1.807, 2.05) is 0 Å². The standard InChI is InChI=1S/C17H22O3/c1-19-14-10-11-15(16(12-14)20-2)17(18)13-8-6-4-3-5-7-9-13/h8,10-12H,3-7,9H2,1-2H3/b13-8+. The molecule has 20 heavy (non-hydrogen) atoms. The van der Waals surface area contributed by atoms with Crippen LogP contribution in [0.4, 0.5) is 0 Å². The van der Waals surface area contributed by atoms with Crippen molar-refractivity contribution in [3.8, 4) is 11.5 Å². The maximum atomic E-state index is 12.7. The topological polar surface area (TPSA) is 35.5 Å². The van der Waals surface area contributed by atoms with Crippen LogP contribution < -0.4 is 9.47 Å². The van der Waals surface area contributed by atoms with E-state index in [4.69, 9.17) is 9.47 Å². The molecule has 0 unspecified atom stereocenters. The van der Waals surface area contributed by atoms with E-state index in [1.54, 1.807) is 32.4 Å². The Morgan fingerprint density at radius 3 is 2.60 bits per heavy atom. The van der Waals surface area contributed by atoms with Crippen LogP contribution in [0.5, 0.6) is 11.5 Å². The molecule has 0 heterocycles. The van der Waals surface area contributed by atoms with Gasteiger partial charge < -0.3 is 9.47 Å². The van der Waals surface area contributed by atoms with Gasteiger partial charge in [0.15, 0.2) is 5.78 Å². The Balaban J connectivity index is 2.27. The molecule has 0 saturated carbocycles. The molecular weight excluding hydrogens is 252 g/mol. The fraction of sp³-hybridized carbons (Fsp3) is 0.471. The van der Waals surface area contributed by atoms with Crippen molar-refractivity contribution in [2.45, 2.75) is 38.5 Å². The van der Waals surface area contributed by atoms with Gasteiger partial charge in [-0.1, -0.05) is 18.9 Å². The molecule has 2 rings (SSSR count). The summed E-state index contributed by atoms with van der Waals surface area (Å²) in [5, 5.41) is 0. The first-order valence-corrected chi connectivity index (χ1v) is 7.22. The third kappa shape index (κ3) is 3.41. The van der Waals surface area contributed by atoms with E-state index in [-0.39, 0.29) is 5.78 Å². The van der Waals surface area contributed by atoms with Crippen molar-refractivity contribution in [2.24, 2.45) is 0 Å². The molecule has 3 nitrogen and oxygen atoms in total. The normalized spacial score (nSPS) is 18.4. The maximum absolute atomic E-state index is 12.7. The van der Waals surface area contributed by atoms with Gasteiger partial charge in [0.25, 0.3) is 0 Å². The van der Waals surface area contributed by atoms with Crippen molar-refractivity contribution in [1.29, 1.82) is 0 Å². The van der Waals surface area contributed by atoms with Gasteiger partial charge in [0.05, 0.1) is 19.8 Å². The van der Waals surface area contributed by atoms with Gasteiger partial charge in [-0.2, -0.15) is 0 Å². The second-order valence-corrected chi connectivity index (χ2v) is 5.08. The quantitative estimate of drug-likeness (QED) is 0.773. The molecule has 1 aromatic carbocycles. The number of carbonyl (C=O) groups excluding carboxylic acids is 1. The molecule has 0 atom stereocenters. The second-order valence-electron chi connectivity index (χ2n) is 5.08. The Morgan fingerprint density at radius 1 is 1.05 bits per heavy atom. The van der Waals surface area contributed by atoms with Crippen molar-refractivity contribution < 1.29 is 14.3 Å². The zero-order valence-corrected chi connectivity index (χ0v) is 12.3. The highest BCUT2D eigenvalue weighted by Crippen LogP contribution is 2.28. The molecule has 0 spiro atoms. The first-order chi connectivity index (χ1) is 9.76. The molecule has 0 N–H and O–H groups in total. The molecule has 0 fully saturated rings. The molecule has 0 radical (unpaired) electrons. The summed E-state index contributed by atoms with van der Waals surface area (Å²) in [5.74, 6) is 1.37. The lowest BCUT2D eigenvalue weighted by Crippen LogP contribution is -2.07. The predicted molar refractivity (Wildman–Crippen MR) is 79.7 cm³/mol. The molecule has 108 valence electrons. The van der Waals surface area contributed by atoms with Crippen LogP contribution in [0, 0.1) is 0 Å². The molecule has 0 aromatic heterocycles. The van der Waals surface area contributed by atoms with E-state index >= 15 is 0 Å². The van der Waals surface area contributed by atoms with E-state index in [9.17, 15) is 4.79 Å². The van der Waals surface area contributed by atoms with Gasteiger partial charge in [0, 0.05) is 6.07 Å². The van der Waals surface area contributed by atoms with Gasteiger partial charge in [-0.3, -0.25) is 4.79 Å². The lowest BCUT2D eigenvalue weighted by Gasteiger charge is -2.13. The third-order valence-corrected chi connectivity index (χ3v) is 3.74. The second kappa shape index (κ2) is 7.13. The summed E-state index contributed by atoms with van der Waals surface area (Å²) in [6, 6.07) is 5.36. The van der Waals surface area contributed by atoms with Crippen LogP contribution in [0.3, 0.4) is 0 Å². The van der Waals surface area contributed by atoms with Crippen molar-refractivity contribution in [1.82, 2.24) is 0 Å². The highest BCUT2D eigenvalue weighted by Gasteiger charge is 2.17. The first-order valence-electron chi connectivity index (χ1n) is 7.22. The zero-order valence-electron chi connectivity index (χ0n) is 12.3. The van der Waals surface area contributed by atoms with Crippen molar-refractivity contribution in [2.75, 3.05) is 14.2 Å². The number of allylic oxidation sites excluding steroid dienone is 2. The number of hydrogen-bond donors (Lipinski definition) is 0. The van der Waals surface area contributed by atoms with Gasteiger partial charge in [-0.25, -0.2) is 0 Å². The number of hydrogen-bond acceptors (Lipinski definition) is 3. The van der Waals surface area contributed by atoms with E-state index in [2.05, 4.69) is 6.08 Å². The molecule has 0 aliphatic heterocycles. The Morgan fingerprint density at radius 2 is 1.85 bits per heavy atom. The van der Waals surface area contributed by atoms with Crippen LogP contribution in [-0.4, -0.2) is 20.0 Å². The highest BCUT2D eigenvalue weighted by atomic mass is 16.5. The van der Waals surface area contributed by atoms with Gasteiger partial charge in [0.1, 0.15) is 11.5 Å². The monoisotopic (exact) mass is 274 g/mol. The van der Waals surface area contributed by atoms with E-state index < -0.39 is 0 Å². The molecule has 0 saturated heterocycles. The Kier molecular flexibility index (Phi) is 5.22. The van der Waals surface area contributed by atoms with Gasteiger partial charge in [0.2, 0.25) is 0 Å². The van der Waals surface area contributed by atoms with E-state index in [0.717, 1.165) is 24.8 Å². The molecule has 0 amide bonds. The summed E-state index contributed by atoms with van der Waals surface area (Å²) in [6.45, 7) is 0. The van der Waals surface area contributed by atoms with Gasteiger partial charge in [-0.15, -0.1) is 0 Å². The van der Waals surface area contributed by atoms with Crippen LogP contribution in [0.2, 0.25) is 0 Å². The minimum absolute atomic E-state index is 0.0893. The highest BCUT2D eigenvalue weighted by molar-refractivity contribution is 6.10. The summed E-state index contributed by atoms with van der Waals surface area (Å²) >= 11 is 0. The number of ketones is 1. The van der Waals surface area contributed by atoms with Crippen molar-refractivity contribution >= 4 is 5.78 Å². The van der Waals surface area contributed by atoms with E-state index in [1.165, 1.54) is 19.3 Å². The van der Waals surface area contributed by atoms with Crippen molar-refractivity contribution in [3.63, 3.8) is 0 Å². The number of benzene rings is 1. The van der Waals surface area contributed by atoms with Gasteiger partial charge >= 0.3 is 0 Å². The number of rotatable bonds is 4. The largest absolute Gasteiger partial charge is 0.497 e. The summed E-state index contributed by atoms with van der Waals surface area (Å²) in [4.78, 5) is 12.7. The Hall–Kier alpha value is -1.77. The third-order valence-electron chi connectivity index (χ3n) is 3.74. The minimum Gasteiger partial charge on any atom is -0.497 e. The smallest absolute Gasteiger partial charge is 0.192 e. The number of Topliss-reactive ketones (excluding diaryl/α,β-unsaturated/α-hetero) is 1. The fourth-order valence-electron chi connectivity index (χ4n) is 2.56. The number of methoxy groups -OCH3 is 2. The summed E-state index contributed by atoms with van der Waals surface area (Å²) in [6.07, 6.45) is 8.72. The average molecular weight is 274 g/mol. The van der Waals surface area contributed by atoms with Crippen LogP contribution in [0.15, 0.2) is 29.8 Å². The molecule has 1 aromatic rings. The zero-order chi connectivity index (χ0) is 14.4. The Bertz CT molecular complexity index is 503. The predicted octanol–water partition coefficient (Wildman–Crippen LogP) is 4.17. The molecular formula is C17H22O3. The minimum atomic E-state index is 0.0893.